The molecule has 1 atom stereocenters. The van der Waals surface area contributed by atoms with Crippen molar-refractivity contribution in [2.24, 2.45) is 0 Å². The Morgan fingerprint density at radius 1 is 1.56 bits per heavy atom. The highest BCUT2D eigenvalue weighted by Crippen LogP contribution is 2.04. The van der Waals surface area contributed by atoms with Gasteiger partial charge in [0.2, 0.25) is 0 Å². The second-order valence-corrected chi connectivity index (χ2v) is 2.85. The standard InChI is InChI=1S/C4H8ClO3P/c5-1-2-8-3-4-9(6)7/h1-4H2. The number of alkyl halides is 1. The molecule has 0 bridgehead atoms. The van der Waals surface area contributed by atoms with Crippen LogP contribution in [-0.4, -0.2) is 25.3 Å². The Kier molecular flexibility index (Phi) is 6.65. The summed E-state index contributed by atoms with van der Waals surface area (Å²) in [5.41, 5.74) is 0. The molecule has 0 spiro atoms. The summed E-state index contributed by atoms with van der Waals surface area (Å²) < 4.78 is 14.7. The van der Waals surface area contributed by atoms with E-state index in [0.717, 1.165) is 0 Å². The fraction of sp³-hybridized carbons (Fsp3) is 1.00. The largest absolute Gasteiger partial charge is 0.595 e. The van der Waals surface area contributed by atoms with Crippen molar-refractivity contribution in [3.05, 3.63) is 0 Å². The zero-order valence-electron chi connectivity index (χ0n) is 4.88. The SMILES string of the molecule is O=[P+]([O-])CCOCCCl. The summed E-state index contributed by atoms with van der Waals surface area (Å²) in [6, 6.07) is 0. The molecular formula is C4H8ClO3P. The maximum atomic E-state index is 9.89. The monoisotopic (exact) mass is 170 g/mol. The van der Waals surface area contributed by atoms with Crippen LogP contribution in [0.2, 0.25) is 0 Å². The molecule has 0 heterocycles. The predicted octanol–water partition coefficient (Wildman–Crippen LogP) is 0.344. The zero-order chi connectivity index (χ0) is 7.11. The van der Waals surface area contributed by atoms with Crippen molar-refractivity contribution in [2.75, 3.05) is 25.3 Å². The Morgan fingerprint density at radius 3 is 2.67 bits per heavy atom. The van der Waals surface area contributed by atoms with Gasteiger partial charge in [0.15, 0.2) is 6.16 Å². The topological polar surface area (TPSA) is 49.4 Å². The van der Waals surface area contributed by atoms with Gasteiger partial charge in [-0.05, 0) is 0 Å². The first-order valence-electron chi connectivity index (χ1n) is 2.53. The average Bonchev–Trinajstić information content (AvgIpc) is 1.80. The quantitative estimate of drug-likeness (QED) is 0.340. The molecule has 0 rings (SSSR count). The van der Waals surface area contributed by atoms with Gasteiger partial charge in [-0.15, -0.1) is 11.6 Å². The maximum Gasteiger partial charge on any atom is 0.311 e. The molecule has 0 amide bonds. The number of hydrogen-bond donors (Lipinski definition) is 0. The van der Waals surface area contributed by atoms with Crippen molar-refractivity contribution in [2.45, 2.75) is 0 Å². The third-order valence-corrected chi connectivity index (χ3v) is 1.34. The first kappa shape index (κ1) is 9.31. The molecule has 54 valence electrons. The lowest BCUT2D eigenvalue weighted by molar-refractivity contribution is -0.164. The number of halogens is 1. The van der Waals surface area contributed by atoms with E-state index in [9.17, 15) is 9.46 Å². The molecule has 0 fully saturated rings. The number of hydrogen-bond acceptors (Lipinski definition) is 3. The minimum absolute atomic E-state index is 0.0895. The third kappa shape index (κ3) is 8.31. The van der Waals surface area contributed by atoms with E-state index in [0.29, 0.717) is 12.5 Å². The molecule has 3 nitrogen and oxygen atoms in total. The molecule has 0 aliphatic carbocycles. The predicted molar refractivity (Wildman–Crippen MR) is 34.0 cm³/mol. The van der Waals surface area contributed by atoms with E-state index < -0.39 is 8.03 Å². The van der Waals surface area contributed by atoms with Gasteiger partial charge >= 0.3 is 8.03 Å². The van der Waals surface area contributed by atoms with E-state index >= 15 is 0 Å². The Labute approximate surface area is 59.8 Å². The van der Waals surface area contributed by atoms with E-state index in [1.807, 2.05) is 0 Å². The van der Waals surface area contributed by atoms with Gasteiger partial charge in [0.25, 0.3) is 0 Å². The highest BCUT2D eigenvalue weighted by molar-refractivity contribution is 7.36. The molecule has 1 unspecified atom stereocenters. The summed E-state index contributed by atoms with van der Waals surface area (Å²) in [6.45, 7) is 0.677. The van der Waals surface area contributed by atoms with Gasteiger partial charge in [-0.25, -0.2) is 0 Å². The van der Waals surface area contributed by atoms with Crippen molar-refractivity contribution in [3.63, 3.8) is 0 Å². The molecule has 0 N–H and O–H groups in total. The van der Waals surface area contributed by atoms with E-state index in [4.69, 9.17) is 16.3 Å². The Bertz CT molecular complexity index is 87.9. The van der Waals surface area contributed by atoms with Crippen molar-refractivity contribution in [1.29, 1.82) is 0 Å². The minimum atomic E-state index is -2.29. The van der Waals surface area contributed by atoms with Crippen LogP contribution in [-0.2, 0) is 9.30 Å². The van der Waals surface area contributed by atoms with Crippen LogP contribution >= 0.6 is 19.6 Å². The molecular weight excluding hydrogens is 162 g/mol. The van der Waals surface area contributed by atoms with E-state index in [2.05, 4.69) is 0 Å². The van der Waals surface area contributed by atoms with Crippen molar-refractivity contribution >= 4 is 19.6 Å². The summed E-state index contributed by atoms with van der Waals surface area (Å²) >= 11 is 5.24. The molecule has 5 heteroatoms. The highest BCUT2D eigenvalue weighted by Gasteiger charge is 1.97. The summed E-state index contributed by atoms with van der Waals surface area (Å²) in [6.07, 6.45) is 0.0895. The molecule has 0 aromatic carbocycles. The van der Waals surface area contributed by atoms with Gasteiger partial charge in [-0.2, -0.15) is 0 Å². The Morgan fingerprint density at radius 2 is 2.22 bits per heavy atom. The summed E-state index contributed by atoms with van der Waals surface area (Å²) in [5, 5.41) is 0. The van der Waals surface area contributed by atoms with E-state index in [-0.39, 0.29) is 12.8 Å². The van der Waals surface area contributed by atoms with Gasteiger partial charge in [0.1, 0.15) is 0 Å². The molecule has 0 aliphatic rings. The van der Waals surface area contributed by atoms with Crippen LogP contribution in [0.3, 0.4) is 0 Å². The Balaban J connectivity index is 2.83. The van der Waals surface area contributed by atoms with Crippen molar-refractivity contribution < 1.29 is 14.2 Å². The molecule has 0 radical (unpaired) electrons. The molecule has 0 saturated heterocycles. The van der Waals surface area contributed by atoms with Gasteiger partial charge < -0.3 is 9.63 Å². The van der Waals surface area contributed by atoms with Crippen LogP contribution in [0.5, 0.6) is 0 Å². The third-order valence-electron chi connectivity index (χ3n) is 0.640. The van der Waals surface area contributed by atoms with Gasteiger partial charge in [0.05, 0.1) is 13.2 Å². The summed E-state index contributed by atoms with van der Waals surface area (Å²) in [4.78, 5) is 9.89. The normalized spacial score (nSPS) is 11.6. The fourth-order valence-electron chi connectivity index (χ4n) is 0.296. The van der Waals surface area contributed by atoms with Crippen molar-refractivity contribution in [3.8, 4) is 0 Å². The summed E-state index contributed by atoms with van der Waals surface area (Å²) in [7, 11) is -2.29. The molecule has 0 aromatic heterocycles. The lowest BCUT2D eigenvalue weighted by atomic mass is 10.8. The van der Waals surface area contributed by atoms with Crippen LogP contribution in [0.15, 0.2) is 0 Å². The summed E-state index contributed by atoms with van der Waals surface area (Å²) in [5.74, 6) is 0.412. The lowest BCUT2D eigenvalue weighted by Gasteiger charge is -1.94. The molecule has 0 saturated carbocycles. The fourth-order valence-corrected chi connectivity index (χ4v) is 0.683. The van der Waals surface area contributed by atoms with Gasteiger partial charge in [-0.1, -0.05) is 4.57 Å². The van der Waals surface area contributed by atoms with Crippen LogP contribution in [0, 0.1) is 0 Å². The Hall–Kier alpha value is 0.310. The first-order valence-corrected chi connectivity index (χ1v) is 4.42. The van der Waals surface area contributed by atoms with Crippen LogP contribution in [0.25, 0.3) is 0 Å². The first-order chi connectivity index (χ1) is 4.27. The second kappa shape index (κ2) is 6.43. The highest BCUT2D eigenvalue weighted by atomic mass is 35.5. The maximum absolute atomic E-state index is 9.89. The lowest BCUT2D eigenvalue weighted by Crippen LogP contribution is -2.02. The average molecular weight is 171 g/mol. The molecule has 0 aromatic rings. The van der Waals surface area contributed by atoms with Crippen LogP contribution in [0.4, 0.5) is 0 Å². The van der Waals surface area contributed by atoms with E-state index in [1.54, 1.807) is 0 Å². The smallest absolute Gasteiger partial charge is 0.311 e. The zero-order valence-corrected chi connectivity index (χ0v) is 6.53. The van der Waals surface area contributed by atoms with Gasteiger partial charge in [0, 0.05) is 5.88 Å². The van der Waals surface area contributed by atoms with Crippen LogP contribution in [0.1, 0.15) is 0 Å². The van der Waals surface area contributed by atoms with Crippen molar-refractivity contribution in [1.82, 2.24) is 0 Å². The molecule has 9 heavy (non-hydrogen) atoms. The molecule has 0 aliphatic heterocycles. The minimum Gasteiger partial charge on any atom is -0.595 e. The van der Waals surface area contributed by atoms with Crippen LogP contribution < -0.4 is 4.89 Å². The second-order valence-electron chi connectivity index (χ2n) is 1.36. The van der Waals surface area contributed by atoms with E-state index in [1.165, 1.54) is 0 Å². The number of rotatable bonds is 5. The number of ether oxygens (including phenoxy) is 1. The van der Waals surface area contributed by atoms with Gasteiger partial charge in [-0.3, -0.25) is 0 Å².